The molecule has 0 spiro atoms. The number of carboxylic acid groups (broad SMARTS) is 1. The molecule has 3 N–H and O–H groups in total. The summed E-state index contributed by atoms with van der Waals surface area (Å²) in [6, 6.07) is 7.80. The first kappa shape index (κ1) is 10.5. The number of aliphatic carboxylic acids is 1. The third kappa shape index (κ3) is 2.34. The summed E-state index contributed by atoms with van der Waals surface area (Å²) in [5.41, 5.74) is 2.09. The minimum Gasteiger partial charge on any atom is -0.481 e. The van der Waals surface area contributed by atoms with Crippen molar-refractivity contribution in [3.05, 3.63) is 48.0 Å². The fourth-order valence-corrected chi connectivity index (χ4v) is 1.87. The van der Waals surface area contributed by atoms with E-state index in [1.807, 2.05) is 36.7 Å². The molecule has 16 heavy (non-hydrogen) atoms. The van der Waals surface area contributed by atoms with Crippen molar-refractivity contribution in [3.63, 3.8) is 0 Å². The van der Waals surface area contributed by atoms with E-state index in [1.54, 1.807) is 0 Å². The molecule has 2 rings (SSSR count). The van der Waals surface area contributed by atoms with Gasteiger partial charge in [-0.25, -0.2) is 0 Å². The summed E-state index contributed by atoms with van der Waals surface area (Å²) in [7, 11) is 0. The lowest BCUT2D eigenvalue weighted by atomic mass is 9.96. The SMILES string of the molecule is O=C(O)CCC(c1ccc[nH]1)c1ccc[nH]1. The minimum absolute atomic E-state index is 0.0982. The van der Waals surface area contributed by atoms with Crippen molar-refractivity contribution in [1.29, 1.82) is 0 Å². The number of nitrogens with one attached hydrogen (secondary N) is 2. The normalized spacial score (nSPS) is 10.8. The van der Waals surface area contributed by atoms with Gasteiger partial charge in [-0.15, -0.1) is 0 Å². The first-order valence-electron chi connectivity index (χ1n) is 5.25. The highest BCUT2D eigenvalue weighted by atomic mass is 16.4. The summed E-state index contributed by atoms with van der Waals surface area (Å²) >= 11 is 0. The smallest absolute Gasteiger partial charge is 0.303 e. The van der Waals surface area contributed by atoms with Gasteiger partial charge in [0.05, 0.1) is 0 Å². The number of carbonyl (C=O) groups is 1. The second-order valence-corrected chi connectivity index (χ2v) is 3.74. The number of rotatable bonds is 5. The topological polar surface area (TPSA) is 68.9 Å². The summed E-state index contributed by atoms with van der Waals surface area (Å²) in [6.07, 6.45) is 4.47. The average molecular weight is 218 g/mol. The van der Waals surface area contributed by atoms with Crippen molar-refractivity contribution in [1.82, 2.24) is 9.97 Å². The highest BCUT2D eigenvalue weighted by Crippen LogP contribution is 2.26. The van der Waals surface area contributed by atoms with E-state index < -0.39 is 5.97 Å². The maximum absolute atomic E-state index is 10.6. The Hall–Kier alpha value is -1.97. The molecule has 0 saturated heterocycles. The van der Waals surface area contributed by atoms with Crippen LogP contribution < -0.4 is 0 Å². The maximum atomic E-state index is 10.6. The molecule has 0 aliphatic carbocycles. The van der Waals surface area contributed by atoms with Crippen molar-refractivity contribution in [2.45, 2.75) is 18.8 Å². The molecule has 0 fully saturated rings. The van der Waals surface area contributed by atoms with Crippen LogP contribution in [0.15, 0.2) is 36.7 Å². The molecule has 0 radical (unpaired) electrons. The van der Waals surface area contributed by atoms with Crippen LogP contribution in [0.4, 0.5) is 0 Å². The van der Waals surface area contributed by atoms with Gasteiger partial charge < -0.3 is 15.1 Å². The van der Waals surface area contributed by atoms with Gasteiger partial charge >= 0.3 is 5.97 Å². The number of carboxylic acids is 1. The van der Waals surface area contributed by atoms with Crippen LogP contribution >= 0.6 is 0 Å². The van der Waals surface area contributed by atoms with E-state index in [0.717, 1.165) is 11.4 Å². The van der Waals surface area contributed by atoms with E-state index in [0.29, 0.717) is 6.42 Å². The lowest BCUT2D eigenvalue weighted by molar-refractivity contribution is -0.137. The third-order valence-corrected chi connectivity index (χ3v) is 2.64. The van der Waals surface area contributed by atoms with Crippen LogP contribution in [0.3, 0.4) is 0 Å². The zero-order chi connectivity index (χ0) is 11.4. The summed E-state index contributed by atoms with van der Waals surface area (Å²) in [4.78, 5) is 16.9. The summed E-state index contributed by atoms with van der Waals surface area (Å²) in [5.74, 6) is -0.663. The molecule has 0 unspecified atom stereocenters. The Morgan fingerprint density at radius 3 is 2.12 bits per heavy atom. The molecule has 0 saturated carbocycles. The molecule has 4 heteroatoms. The largest absolute Gasteiger partial charge is 0.481 e. The molecule has 0 aromatic carbocycles. The predicted octanol–water partition coefficient (Wildman–Crippen LogP) is 2.34. The van der Waals surface area contributed by atoms with E-state index in [4.69, 9.17) is 5.11 Å². The molecule has 0 amide bonds. The molecule has 84 valence electrons. The van der Waals surface area contributed by atoms with Crippen LogP contribution in [-0.2, 0) is 4.79 Å². The molecule has 0 atom stereocenters. The first-order valence-corrected chi connectivity index (χ1v) is 5.25. The Balaban J connectivity index is 2.17. The number of H-pyrrole nitrogens is 2. The Kier molecular flexibility index (Phi) is 3.10. The third-order valence-electron chi connectivity index (χ3n) is 2.64. The summed E-state index contributed by atoms with van der Waals surface area (Å²) in [5, 5.41) is 8.74. The average Bonchev–Trinajstić information content (AvgIpc) is 2.88. The van der Waals surface area contributed by atoms with Gasteiger partial charge in [0.2, 0.25) is 0 Å². The van der Waals surface area contributed by atoms with Gasteiger partial charge in [0.15, 0.2) is 0 Å². The molecule has 0 aliphatic rings. The quantitative estimate of drug-likeness (QED) is 0.721. The second-order valence-electron chi connectivity index (χ2n) is 3.74. The number of hydrogen-bond acceptors (Lipinski definition) is 1. The lowest BCUT2D eigenvalue weighted by Crippen LogP contribution is -2.05. The zero-order valence-electron chi connectivity index (χ0n) is 8.81. The Bertz CT molecular complexity index is 397. The monoisotopic (exact) mass is 218 g/mol. The van der Waals surface area contributed by atoms with Crippen molar-refractivity contribution in [2.75, 3.05) is 0 Å². The Morgan fingerprint density at radius 2 is 1.75 bits per heavy atom. The van der Waals surface area contributed by atoms with Gasteiger partial charge in [-0.05, 0) is 30.7 Å². The van der Waals surface area contributed by atoms with E-state index in [1.165, 1.54) is 0 Å². The van der Waals surface area contributed by atoms with Crippen LogP contribution in [0, 0.1) is 0 Å². The van der Waals surface area contributed by atoms with Crippen molar-refractivity contribution in [3.8, 4) is 0 Å². The Morgan fingerprint density at radius 1 is 1.19 bits per heavy atom. The molecule has 2 aromatic rings. The second kappa shape index (κ2) is 4.70. The van der Waals surface area contributed by atoms with E-state index in [2.05, 4.69) is 9.97 Å². The molecular formula is C12H14N2O2. The van der Waals surface area contributed by atoms with E-state index in [-0.39, 0.29) is 12.3 Å². The van der Waals surface area contributed by atoms with Gasteiger partial charge in [0, 0.05) is 36.1 Å². The number of aromatic amines is 2. The molecule has 2 heterocycles. The highest BCUT2D eigenvalue weighted by Gasteiger charge is 2.16. The predicted molar refractivity (Wildman–Crippen MR) is 60.3 cm³/mol. The van der Waals surface area contributed by atoms with Crippen LogP contribution in [-0.4, -0.2) is 21.0 Å². The highest BCUT2D eigenvalue weighted by molar-refractivity contribution is 5.66. The molecular weight excluding hydrogens is 204 g/mol. The van der Waals surface area contributed by atoms with Crippen molar-refractivity contribution in [2.24, 2.45) is 0 Å². The summed E-state index contributed by atoms with van der Waals surface area (Å²) in [6.45, 7) is 0. The van der Waals surface area contributed by atoms with E-state index in [9.17, 15) is 4.79 Å². The van der Waals surface area contributed by atoms with Gasteiger partial charge in [-0.2, -0.15) is 0 Å². The lowest BCUT2D eigenvalue weighted by Gasteiger charge is -2.13. The fraction of sp³-hybridized carbons (Fsp3) is 0.250. The van der Waals surface area contributed by atoms with Crippen molar-refractivity contribution < 1.29 is 9.90 Å². The van der Waals surface area contributed by atoms with Gasteiger partial charge in [0.1, 0.15) is 0 Å². The van der Waals surface area contributed by atoms with Crippen LogP contribution in [0.25, 0.3) is 0 Å². The zero-order valence-corrected chi connectivity index (χ0v) is 8.81. The minimum atomic E-state index is -0.761. The molecule has 0 bridgehead atoms. The van der Waals surface area contributed by atoms with Gasteiger partial charge in [-0.3, -0.25) is 4.79 Å². The Labute approximate surface area is 93.3 Å². The van der Waals surface area contributed by atoms with Gasteiger partial charge in [0.25, 0.3) is 0 Å². The number of aromatic nitrogens is 2. The van der Waals surface area contributed by atoms with E-state index >= 15 is 0 Å². The van der Waals surface area contributed by atoms with Gasteiger partial charge in [-0.1, -0.05) is 0 Å². The van der Waals surface area contributed by atoms with Crippen LogP contribution in [0.5, 0.6) is 0 Å². The van der Waals surface area contributed by atoms with Crippen LogP contribution in [0.1, 0.15) is 30.1 Å². The summed E-state index contributed by atoms with van der Waals surface area (Å²) < 4.78 is 0. The number of hydrogen-bond donors (Lipinski definition) is 3. The molecule has 2 aromatic heterocycles. The standard InChI is InChI=1S/C12H14N2O2/c15-12(16)6-5-9(10-3-1-7-13-10)11-4-2-8-14-11/h1-4,7-9,13-14H,5-6H2,(H,15,16). The fourth-order valence-electron chi connectivity index (χ4n) is 1.87. The maximum Gasteiger partial charge on any atom is 0.303 e. The molecule has 4 nitrogen and oxygen atoms in total. The van der Waals surface area contributed by atoms with Crippen LogP contribution in [0.2, 0.25) is 0 Å². The molecule has 0 aliphatic heterocycles. The first-order chi connectivity index (χ1) is 7.77. The van der Waals surface area contributed by atoms with Crippen molar-refractivity contribution >= 4 is 5.97 Å².